The summed E-state index contributed by atoms with van der Waals surface area (Å²) in [5.74, 6) is 1.79. The van der Waals surface area contributed by atoms with E-state index >= 15 is 0 Å². The van der Waals surface area contributed by atoms with Gasteiger partial charge >= 0.3 is 6.09 Å². The number of carbonyl (C=O) groups is 3. The summed E-state index contributed by atoms with van der Waals surface area (Å²) in [5.41, 5.74) is -0.644. The van der Waals surface area contributed by atoms with E-state index in [9.17, 15) is 14.4 Å². The molecule has 1 heterocycles. The Hall–Kier alpha value is -2.03. The molecule has 6 nitrogen and oxygen atoms in total. The first-order chi connectivity index (χ1) is 10.2. The zero-order valence-corrected chi connectivity index (χ0v) is 13.5. The maximum atomic E-state index is 12.3. The van der Waals surface area contributed by atoms with Crippen LogP contribution < -0.4 is 5.32 Å². The maximum absolute atomic E-state index is 12.3. The predicted molar refractivity (Wildman–Crippen MR) is 81.8 cm³/mol. The largest absolute Gasteiger partial charge is 0.444 e. The summed E-state index contributed by atoms with van der Waals surface area (Å²) in [7, 11) is 0. The Bertz CT molecular complexity index is 474. The van der Waals surface area contributed by atoms with Crippen LogP contribution in [0.1, 0.15) is 52.9 Å². The van der Waals surface area contributed by atoms with E-state index in [1.807, 2.05) is 0 Å². The number of carbonyl (C=O) groups excluding carboxylic acids is 3. The van der Waals surface area contributed by atoms with E-state index in [-0.39, 0.29) is 12.3 Å². The summed E-state index contributed by atoms with van der Waals surface area (Å²) >= 11 is 0. The van der Waals surface area contributed by atoms with Gasteiger partial charge in [0.2, 0.25) is 11.8 Å². The zero-order valence-electron chi connectivity index (χ0n) is 13.5. The summed E-state index contributed by atoms with van der Waals surface area (Å²) in [6, 6.07) is -0.668. The van der Waals surface area contributed by atoms with Crippen LogP contribution in [0.25, 0.3) is 0 Å². The lowest BCUT2D eigenvalue weighted by Crippen LogP contribution is -2.55. The van der Waals surface area contributed by atoms with Crippen molar-refractivity contribution in [3.8, 4) is 12.3 Å². The van der Waals surface area contributed by atoms with Crippen molar-refractivity contribution in [3.63, 3.8) is 0 Å². The van der Waals surface area contributed by atoms with Gasteiger partial charge in [-0.3, -0.25) is 19.8 Å². The van der Waals surface area contributed by atoms with Crippen LogP contribution in [-0.4, -0.2) is 41.0 Å². The highest BCUT2D eigenvalue weighted by molar-refractivity contribution is 6.01. The highest BCUT2D eigenvalue weighted by Crippen LogP contribution is 2.18. The lowest BCUT2D eigenvalue weighted by atomic mass is 10.0. The number of hydrogen-bond donors (Lipinski definition) is 1. The predicted octanol–water partition coefficient (Wildman–Crippen LogP) is 1.83. The molecule has 22 heavy (non-hydrogen) atoms. The third kappa shape index (κ3) is 5.76. The van der Waals surface area contributed by atoms with E-state index in [1.165, 1.54) is 4.90 Å². The van der Waals surface area contributed by atoms with Gasteiger partial charge in [-0.2, -0.15) is 0 Å². The molecule has 1 atom stereocenters. The first-order valence-electron chi connectivity index (χ1n) is 7.51. The Balaban J connectivity index is 2.76. The summed E-state index contributed by atoms with van der Waals surface area (Å²) in [5, 5.41) is 2.27. The Morgan fingerprint density at radius 1 is 1.41 bits per heavy atom. The molecule has 1 aliphatic rings. The van der Waals surface area contributed by atoms with Crippen molar-refractivity contribution in [2.75, 3.05) is 6.54 Å². The van der Waals surface area contributed by atoms with E-state index in [1.54, 1.807) is 20.8 Å². The number of hydrogen-bond acceptors (Lipinski definition) is 4. The van der Waals surface area contributed by atoms with Crippen molar-refractivity contribution in [1.29, 1.82) is 0 Å². The minimum Gasteiger partial charge on any atom is -0.444 e. The number of imide groups is 1. The molecule has 122 valence electrons. The molecule has 0 spiro atoms. The van der Waals surface area contributed by atoms with E-state index in [2.05, 4.69) is 11.2 Å². The minimum atomic E-state index is -0.668. The highest BCUT2D eigenvalue weighted by atomic mass is 16.6. The van der Waals surface area contributed by atoms with Crippen molar-refractivity contribution in [2.24, 2.45) is 0 Å². The monoisotopic (exact) mass is 308 g/mol. The average Bonchev–Trinajstić information content (AvgIpc) is 2.38. The van der Waals surface area contributed by atoms with Gasteiger partial charge in [0.15, 0.2) is 0 Å². The Kier molecular flexibility index (Phi) is 6.41. The number of piperidine rings is 1. The van der Waals surface area contributed by atoms with Crippen molar-refractivity contribution in [1.82, 2.24) is 10.2 Å². The summed E-state index contributed by atoms with van der Waals surface area (Å²) in [4.78, 5) is 37.0. The molecule has 1 fully saturated rings. The first kappa shape index (κ1) is 18.0. The summed E-state index contributed by atoms with van der Waals surface area (Å²) < 4.78 is 5.37. The molecule has 6 heteroatoms. The number of nitrogens with zero attached hydrogens (tertiary/aromatic N) is 1. The molecule has 0 radical (unpaired) electrons. The van der Waals surface area contributed by atoms with Gasteiger partial charge in [-0.15, -0.1) is 12.3 Å². The molecule has 1 rings (SSSR count). The third-order valence-electron chi connectivity index (χ3n) is 3.18. The maximum Gasteiger partial charge on any atom is 0.410 e. The first-order valence-corrected chi connectivity index (χ1v) is 7.51. The van der Waals surface area contributed by atoms with Gasteiger partial charge in [-0.25, -0.2) is 4.79 Å². The molecule has 0 aliphatic carbocycles. The molecule has 3 amide bonds. The van der Waals surface area contributed by atoms with Gasteiger partial charge in [0, 0.05) is 19.4 Å². The second-order valence-electron chi connectivity index (χ2n) is 6.30. The average molecular weight is 308 g/mol. The molecular weight excluding hydrogens is 284 g/mol. The van der Waals surface area contributed by atoms with Crippen molar-refractivity contribution in [3.05, 3.63) is 0 Å². The second kappa shape index (κ2) is 7.83. The van der Waals surface area contributed by atoms with Gasteiger partial charge in [0.1, 0.15) is 11.6 Å². The second-order valence-corrected chi connectivity index (χ2v) is 6.30. The minimum absolute atomic E-state index is 0.222. The van der Waals surface area contributed by atoms with Crippen molar-refractivity contribution in [2.45, 2.75) is 64.5 Å². The summed E-state index contributed by atoms with van der Waals surface area (Å²) in [6.45, 7) is 5.69. The van der Waals surface area contributed by atoms with Crippen LogP contribution in [0, 0.1) is 12.3 Å². The van der Waals surface area contributed by atoms with Gasteiger partial charge in [0.05, 0.1) is 0 Å². The summed E-state index contributed by atoms with van der Waals surface area (Å²) in [6.07, 6.45) is 7.28. The van der Waals surface area contributed by atoms with Crippen LogP contribution in [0.5, 0.6) is 0 Å². The number of unbranched alkanes of at least 4 members (excludes halogenated alkanes) is 2. The van der Waals surface area contributed by atoms with Crippen LogP contribution in [0.15, 0.2) is 0 Å². The molecule has 1 unspecified atom stereocenters. The molecule has 1 saturated heterocycles. The third-order valence-corrected chi connectivity index (χ3v) is 3.18. The Labute approximate surface area is 131 Å². The molecule has 0 bridgehead atoms. The molecule has 0 aromatic rings. The molecule has 0 saturated carbocycles. The van der Waals surface area contributed by atoms with Crippen molar-refractivity contribution >= 4 is 17.9 Å². The molecular formula is C16H24N2O4. The fourth-order valence-electron chi connectivity index (χ4n) is 2.18. The van der Waals surface area contributed by atoms with Crippen LogP contribution >= 0.6 is 0 Å². The number of rotatable bonds is 5. The normalized spacial score (nSPS) is 18.4. The number of amides is 3. The highest BCUT2D eigenvalue weighted by Gasteiger charge is 2.36. The fraction of sp³-hybridized carbons (Fsp3) is 0.688. The Morgan fingerprint density at radius 3 is 2.64 bits per heavy atom. The zero-order chi connectivity index (χ0) is 16.8. The number of ether oxygens (including phenoxy) is 1. The number of terminal acetylenes is 1. The van der Waals surface area contributed by atoms with E-state index in [0.29, 0.717) is 25.8 Å². The Morgan fingerprint density at radius 2 is 2.09 bits per heavy atom. The van der Waals surface area contributed by atoms with Crippen LogP contribution in [0.2, 0.25) is 0 Å². The van der Waals surface area contributed by atoms with Gasteiger partial charge in [-0.05, 0) is 40.0 Å². The van der Waals surface area contributed by atoms with Crippen LogP contribution in [0.4, 0.5) is 4.79 Å². The fourth-order valence-corrected chi connectivity index (χ4v) is 2.18. The quantitative estimate of drug-likeness (QED) is 0.477. The molecule has 1 aliphatic heterocycles. The van der Waals surface area contributed by atoms with Crippen LogP contribution in [-0.2, 0) is 14.3 Å². The topological polar surface area (TPSA) is 75.7 Å². The lowest BCUT2D eigenvalue weighted by Gasteiger charge is -2.34. The van der Waals surface area contributed by atoms with Gasteiger partial charge < -0.3 is 4.74 Å². The smallest absolute Gasteiger partial charge is 0.410 e. The molecule has 0 aromatic carbocycles. The number of nitrogens with one attached hydrogen (secondary N) is 1. The molecule has 0 aromatic heterocycles. The molecule has 1 N–H and O–H groups in total. The van der Waals surface area contributed by atoms with Crippen LogP contribution in [0.3, 0.4) is 0 Å². The van der Waals surface area contributed by atoms with Crippen molar-refractivity contribution < 1.29 is 19.1 Å². The van der Waals surface area contributed by atoms with Gasteiger partial charge in [0.25, 0.3) is 0 Å². The standard InChI is InChI=1S/C16H24N2O4/c1-5-6-7-8-11-18(15(21)22-16(2,3)4)12-9-10-13(19)17-14(12)20/h1,12H,6-11H2,2-4H3,(H,17,19,20). The van der Waals surface area contributed by atoms with E-state index < -0.39 is 23.6 Å². The van der Waals surface area contributed by atoms with E-state index in [4.69, 9.17) is 11.2 Å². The SMILES string of the molecule is C#CCCCCN(C(=O)OC(C)(C)C)C1CCC(=O)NC1=O. The lowest BCUT2D eigenvalue weighted by molar-refractivity contribution is -0.137. The van der Waals surface area contributed by atoms with E-state index in [0.717, 1.165) is 6.42 Å². The van der Waals surface area contributed by atoms with Gasteiger partial charge in [-0.1, -0.05) is 0 Å².